The number of hydrogen-bond acceptors (Lipinski definition) is 6. The van der Waals surface area contributed by atoms with Crippen molar-refractivity contribution in [1.29, 1.82) is 0 Å². The standard InChI is InChI=1S/C17H20N4O4/c1-2-11-5-7-17(8-6-11)15(22)21(16(23)18-17)10-13-19-20-14(25-13)12-4-3-9-24-12/h3-4,9,11H,2,5-8,10H2,1H3,(H,18,23). The van der Waals surface area contributed by atoms with E-state index in [1.807, 2.05) is 0 Å². The lowest BCUT2D eigenvalue weighted by Gasteiger charge is -2.34. The molecule has 132 valence electrons. The van der Waals surface area contributed by atoms with Crippen LogP contribution in [0.25, 0.3) is 11.7 Å². The summed E-state index contributed by atoms with van der Waals surface area (Å²) in [6, 6.07) is 3.02. The normalized spacial score (nSPS) is 26.4. The highest BCUT2D eigenvalue weighted by atomic mass is 16.4. The van der Waals surface area contributed by atoms with Gasteiger partial charge in [-0.1, -0.05) is 13.3 Å². The molecular weight excluding hydrogens is 324 g/mol. The van der Waals surface area contributed by atoms with Gasteiger partial charge in [0.15, 0.2) is 5.76 Å². The molecule has 8 heteroatoms. The van der Waals surface area contributed by atoms with Crippen molar-refractivity contribution in [1.82, 2.24) is 20.4 Å². The number of hydrogen-bond donors (Lipinski definition) is 1. The van der Waals surface area contributed by atoms with Gasteiger partial charge in [-0.25, -0.2) is 4.79 Å². The van der Waals surface area contributed by atoms with E-state index in [2.05, 4.69) is 22.4 Å². The second-order valence-corrected chi connectivity index (χ2v) is 6.73. The Morgan fingerprint density at radius 3 is 2.80 bits per heavy atom. The van der Waals surface area contributed by atoms with E-state index in [0.717, 1.165) is 19.3 Å². The van der Waals surface area contributed by atoms with Crippen LogP contribution >= 0.6 is 0 Å². The molecule has 1 aliphatic carbocycles. The van der Waals surface area contributed by atoms with Crippen molar-refractivity contribution in [3.63, 3.8) is 0 Å². The molecule has 1 N–H and O–H groups in total. The summed E-state index contributed by atoms with van der Waals surface area (Å²) < 4.78 is 10.7. The first-order valence-corrected chi connectivity index (χ1v) is 8.61. The van der Waals surface area contributed by atoms with E-state index in [-0.39, 0.29) is 24.2 Å². The topological polar surface area (TPSA) is 101 Å². The zero-order valence-electron chi connectivity index (χ0n) is 14.0. The van der Waals surface area contributed by atoms with Crippen LogP contribution in [0, 0.1) is 5.92 Å². The number of amides is 3. The molecule has 8 nitrogen and oxygen atoms in total. The van der Waals surface area contributed by atoms with Crippen LogP contribution < -0.4 is 5.32 Å². The summed E-state index contributed by atoms with van der Waals surface area (Å²) >= 11 is 0. The van der Waals surface area contributed by atoms with Crippen LogP contribution in [-0.2, 0) is 11.3 Å². The molecule has 2 aromatic heterocycles. The number of imide groups is 1. The molecule has 1 saturated carbocycles. The highest BCUT2D eigenvalue weighted by Gasteiger charge is 2.52. The summed E-state index contributed by atoms with van der Waals surface area (Å²) in [5.74, 6) is 1.32. The van der Waals surface area contributed by atoms with Crippen molar-refractivity contribution < 1.29 is 18.4 Å². The number of carbonyl (C=O) groups excluding carboxylic acids is 2. The number of urea groups is 1. The second kappa shape index (κ2) is 6.02. The Labute approximate surface area is 144 Å². The van der Waals surface area contributed by atoms with Crippen molar-refractivity contribution in [2.45, 2.75) is 51.1 Å². The lowest BCUT2D eigenvalue weighted by Crippen LogP contribution is -2.49. The van der Waals surface area contributed by atoms with Gasteiger partial charge in [-0.2, -0.15) is 0 Å². The molecule has 0 atom stereocenters. The van der Waals surface area contributed by atoms with Crippen LogP contribution in [0.1, 0.15) is 44.9 Å². The number of aromatic nitrogens is 2. The van der Waals surface area contributed by atoms with Gasteiger partial charge in [0, 0.05) is 0 Å². The summed E-state index contributed by atoms with van der Waals surface area (Å²) in [7, 11) is 0. The van der Waals surface area contributed by atoms with Crippen molar-refractivity contribution >= 4 is 11.9 Å². The average molecular weight is 344 g/mol. The number of nitrogens with zero attached hydrogens (tertiary/aromatic N) is 3. The average Bonchev–Trinajstić information content (AvgIpc) is 3.34. The minimum Gasteiger partial charge on any atom is -0.459 e. The SMILES string of the molecule is CCC1CCC2(CC1)NC(=O)N(Cc1nnc(-c3ccco3)o1)C2=O. The molecule has 2 aliphatic rings. The highest BCUT2D eigenvalue weighted by Crippen LogP contribution is 2.38. The van der Waals surface area contributed by atoms with Crippen molar-refractivity contribution in [3.05, 3.63) is 24.3 Å². The van der Waals surface area contributed by atoms with E-state index in [4.69, 9.17) is 8.83 Å². The van der Waals surface area contributed by atoms with Crippen molar-refractivity contribution in [3.8, 4) is 11.7 Å². The van der Waals surface area contributed by atoms with Crippen LogP contribution in [0.3, 0.4) is 0 Å². The lowest BCUT2D eigenvalue weighted by molar-refractivity contribution is -0.133. The molecule has 0 aromatic carbocycles. The molecule has 25 heavy (non-hydrogen) atoms. The molecule has 1 aliphatic heterocycles. The quantitative estimate of drug-likeness (QED) is 0.856. The van der Waals surface area contributed by atoms with Gasteiger partial charge in [-0.05, 0) is 43.7 Å². The van der Waals surface area contributed by atoms with Gasteiger partial charge in [0.05, 0.1) is 6.26 Å². The van der Waals surface area contributed by atoms with E-state index in [1.54, 1.807) is 12.1 Å². The fraction of sp³-hybridized carbons (Fsp3) is 0.529. The number of rotatable bonds is 4. The smallest absolute Gasteiger partial charge is 0.325 e. The highest BCUT2D eigenvalue weighted by molar-refractivity contribution is 6.06. The van der Waals surface area contributed by atoms with Crippen LogP contribution in [0.4, 0.5) is 4.79 Å². The van der Waals surface area contributed by atoms with Gasteiger partial charge in [-0.15, -0.1) is 10.2 Å². The minimum absolute atomic E-state index is 0.0304. The maximum Gasteiger partial charge on any atom is 0.325 e. The first-order valence-electron chi connectivity index (χ1n) is 8.61. The summed E-state index contributed by atoms with van der Waals surface area (Å²) in [6.07, 6.45) is 5.91. The first-order chi connectivity index (χ1) is 12.1. The number of carbonyl (C=O) groups is 2. The Balaban J connectivity index is 1.48. The Hall–Kier alpha value is -2.64. The van der Waals surface area contributed by atoms with Gasteiger partial charge >= 0.3 is 6.03 Å². The lowest BCUT2D eigenvalue weighted by atomic mass is 9.75. The molecule has 0 bridgehead atoms. The fourth-order valence-electron chi connectivity index (χ4n) is 3.69. The van der Waals surface area contributed by atoms with Gasteiger partial charge < -0.3 is 14.2 Å². The Kier molecular flexibility index (Phi) is 3.82. The maximum absolute atomic E-state index is 12.9. The summed E-state index contributed by atoms with van der Waals surface area (Å²) in [6.45, 7) is 2.13. The van der Waals surface area contributed by atoms with Crippen LogP contribution in [0.5, 0.6) is 0 Å². The monoisotopic (exact) mass is 344 g/mol. The predicted octanol–water partition coefficient (Wildman–Crippen LogP) is 2.72. The Bertz CT molecular complexity index is 774. The minimum atomic E-state index is -0.757. The Morgan fingerprint density at radius 2 is 2.12 bits per heavy atom. The van der Waals surface area contributed by atoms with Gasteiger partial charge in [0.25, 0.3) is 11.8 Å². The molecule has 3 amide bonds. The van der Waals surface area contributed by atoms with E-state index in [0.29, 0.717) is 24.5 Å². The largest absolute Gasteiger partial charge is 0.459 e. The van der Waals surface area contributed by atoms with E-state index < -0.39 is 11.6 Å². The zero-order valence-corrected chi connectivity index (χ0v) is 14.0. The van der Waals surface area contributed by atoms with Crippen LogP contribution in [0.2, 0.25) is 0 Å². The number of furan rings is 1. The Morgan fingerprint density at radius 1 is 1.32 bits per heavy atom. The zero-order chi connectivity index (χ0) is 17.4. The molecule has 1 saturated heterocycles. The third kappa shape index (κ3) is 2.71. The van der Waals surface area contributed by atoms with Crippen molar-refractivity contribution in [2.75, 3.05) is 0 Å². The maximum atomic E-state index is 12.9. The molecule has 1 spiro atoms. The van der Waals surface area contributed by atoms with Gasteiger partial charge in [0.2, 0.25) is 5.89 Å². The molecular formula is C17H20N4O4. The van der Waals surface area contributed by atoms with Gasteiger partial charge in [0.1, 0.15) is 12.1 Å². The summed E-state index contributed by atoms with van der Waals surface area (Å²) in [5, 5.41) is 10.7. The fourth-order valence-corrected chi connectivity index (χ4v) is 3.69. The number of nitrogens with one attached hydrogen (secondary N) is 1. The molecule has 4 rings (SSSR count). The van der Waals surface area contributed by atoms with Crippen LogP contribution in [0.15, 0.2) is 27.2 Å². The van der Waals surface area contributed by atoms with Crippen molar-refractivity contribution in [2.24, 2.45) is 5.92 Å². The van der Waals surface area contributed by atoms with E-state index in [9.17, 15) is 9.59 Å². The molecule has 2 aromatic rings. The van der Waals surface area contributed by atoms with E-state index in [1.165, 1.54) is 11.2 Å². The van der Waals surface area contributed by atoms with E-state index >= 15 is 0 Å². The second-order valence-electron chi connectivity index (χ2n) is 6.73. The summed E-state index contributed by atoms with van der Waals surface area (Å²) in [4.78, 5) is 26.4. The third-order valence-corrected chi connectivity index (χ3v) is 5.27. The van der Waals surface area contributed by atoms with Crippen LogP contribution in [-0.4, -0.2) is 32.6 Å². The molecule has 3 heterocycles. The van der Waals surface area contributed by atoms with Gasteiger partial charge in [-0.3, -0.25) is 9.69 Å². The predicted molar refractivity (Wildman–Crippen MR) is 86.1 cm³/mol. The molecule has 0 unspecified atom stereocenters. The summed E-state index contributed by atoms with van der Waals surface area (Å²) in [5.41, 5.74) is -0.757. The third-order valence-electron chi connectivity index (χ3n) is 5.27. The molecule has 0 radical (unpaired) electrons. The molecule has 2 fully saturated rings. The first kappa shape index (κ1) is 15.9.